The Labute approximate surface area is 176 Å². The summed E-state index contributed by atoms with van der Waals surface area (Å²) in [5.74, 6) is -0.322. The molecule has 1 aliphatic rings. The fraction of sp³-hybridized carbons (Fsp3) is 0.150. The van der Waals surface area contributed by atoms with Gasteiger partial charge in [-0.1, -0.05) is 41.6 Å². The summed E-state index contributed by atoms with van der Waals surface area (Å²) < 4.78 is 16.3. The van der Waals surface area contributed by atoms with Gasteiger partial charge in [-0.25, -0.2) is 9.07 Å². The number of halogens is 2. The predicted octanol–water partition coefficient (Wildman–Crippen LogP) is 4.72. The molecule has 2 heterocycles. The van der Waals surface area contributed by atoms with Crippen molar-refractivity contribution in [1.29, 1.82) is 0 Å². The van der Waals surface area contributed by atoms with Gasteiger partial charge < -0.3 is 10.6 Å². The molecule has 3 aromatic rings. The lowest BCUT2D eigenvalue weighted by Gasteiger charge is -2.28. The molecule has 29 heavy (non-hydrogen) atoms. The van der Waals surface area contributed by atoms with E-state index >= 15 is 0 Å². The Balaban J connectivity index is 1.80. The number of fused-ring (bicyclic) bond motifs is 1. The van der Waals surface area contributed by atoms with Gasteiger partial charge in [-0.2, -0.15) is 4.98 Å². The maximum absolute atomic E-state index is 14.7. The Morgan fingerprint density at radius 2 is 1.97 bits per heavy atom. The van der Waals surface area contributed by atoms with Crippen LogP contribution in [0.25, 0.3) is 0 Å². The highest BCUT2D eigenvalue weighted by Crippen LogP contribution is 2.37. The van der Waals surface area contributed by atoms with Crippen LogP contribution in [0.3, 0.4) is 0 Å². The molecule has 0 saturated carbocycles. The van der Waals surface area contributed by atoms with Gasteiger partial charge in [0.05, 0.1) is 5.57 Å². The highest BCUT2D eigenvalue weighted by Gasteiger charge is 2.35. The Hall–Kier alpha value is -2.84. The number of thioether (sulfide) groups is 1. The minimum absolute atomic E-state index is 0.341. The summed E-state index contributed by atoms with van der Waals surface area (Å²) in [7, 11) is 0. The third-order valence-electron chi connectivity index (χ3n) is 4.56. The molecule has 4 rings (SSSR count). The number of aromatic nitrogens is 3. The lowest BCUT2D eigenvalue weighted by Crippen LogP contribution is -2.32. The summed E-state index contributed by atoms with van der Waals surface area (Å²) >= 11 is 7.29. The van der Waals surface area contributed by atoms with Crippen molar-refractivity contribution >= 4 is 40.9 Å². The third-order valence-corrected chi connectivity index (χ3v) is 5.35. The summed E-state index contributed by atoms with van der Waals surface area (Å²) in [5, 5.41) is 11.5. The summed E-state index contributed by atoms with van der Waals surface area (Å²) in [6.45, 7) is 1.77. The quantitative estimate of drug-likeness (QED) is 0.587. The van der Waals surface area contributed by atoms with E-state index in [0.29, 0.717) is 38.6 Å². The van der Waals surface area contributed by atoms with Gasteiger partial charge in [-0.3, -0.25) is 4.79 Å². The molecule has 2 aromatic carbocycles. The van der Waals surface area contributed by atoms with Crippen molar-refractivity contribution in [2.24, 2.45) is 0 Å². The number of carbonyl (C=O) groups excluding carboxylic acids is 1. The highest BCUT2D eigenvalue weighted by atomic mass is 35.5. The first-order valence-corrected chi connectivity index (χ1v) is 10.4. The zero-order chi connectivity index (χ0) is 20.5. The number of benzene rings is 2. The maximum atomic E-state index is 14.7. The number of hydrogen-bond acceptors (Lipinski definition) is 5. The molecule has 1 aliphatic heterocycles. The van der Waals surface area contributed by atoms with Crippen LogP contribution >= 0.6 is 23.4 Å². The molecule has 9 heteroatoms. The van der Waals surface area contributed by atoms with Gasteiger partial charge in [0.15, 0.2) is 0 Å². The molecule has 2 N–H and O–H groups in total. The van der Waals surface area contributed by atoms with E-state index in [1.807, 2.05) is 6.26 Å². The minimum Gasteiger partial charge on any atom is -0.328 e. The number of rotatable bonds is 4. The number of nitrogens with one attached hydrogen (secondary N) is 2. The second-order valence-corrected chi connectivity index (χ2v) is 7.63. The van der Waals surface area contributed by atoms with Crippen LogP contribution in [-0.4, -0.2) is 26.9 Å². The number of amides is 1. The molecule has 0 aliphatic carbocycles. The lowest BCUT2D eigenvalue weighted by atomic mass is 9.94. The third kappa shape index (κ3) is 3.73. The van der Waals surface area contributed by atoms with E-state index in [0.717, 1.165) is 0 Å². The molecule has 148 valence electrons. The van der Waals surface area contributed by atoms with Crippen molar-refractivity contribution in [3.05, 3.63) is 76.2 Å². The second-order valence-electron chi connectivity index (χ2n) is 6.42. The van der Waals surface area contributed by atoms with E-state index in [1.54, 1.807) is 54.1 Å². The van der Waals surface area contributed by atoms with Crippen LogP contribution in [0.1, 0.15) is 18.5 Å². The van der Waals surface area contributed by atoms with Gasteiger partial charge in [-0.05, 0) is 43.5 Å². The normalized spacial score (nSPS) is 15.7. The van der Waals surface area contributed by atoms with Gasteiger partial charge in [0.1, 0.15) is 11.9 Å². The summed E-state index contributed by atoms with van der Waals surface area (Å²) in [6.07, 6.45) is 1.86. The predicted molar refractivity (Wildman–Crippen MR) is 113 cm³/mol. The average Bonchev–Trinajstić information content (AvgIpc) is 3.12. The number of anilines is 2. The highest BCUT2D eigenvalue weighted by molar-refractivity contribution is 7.98. The minimum atomic E-state index is -0.756. The topological polar surface area (TPSA) is 71.8 Å². The Kier molecular flexibility index (Phi) is 5.29. The van der Waals surface area contributed by atoms with Crippen molar-refractivity contribution in [3.63, 3.8) is 0 Å². The number of carbonyl (C=O) groups is 1. The van der Waals surface area contributed by atoms with Gasteiger partial charge >= 0.3 is 0 Å². The Bertz CT molecular complexity index is 1110. The molecule has 0 saturated heterocycles. The zero-order valence-electron chi connectivity index (χ0n) is 15.6. The number of hydrogen-bond donors (Lipinski definition) is 2. The smallest absolute Gasteiger partial charge is 0.255 e. The SMILES string of the molecule is CSc1nc2n(n1)[C@H](c1ccccc1F)C(C(=O)Nc1ccc(Cl)cc1)=C(C)N2. The largest absolute Gasteiger partial charge is 0.328 e. The van der Waals surface area contributed by atoms with E-state index in [-0.39, 0.29) is 5.91 Å². The molecule has 0 unspecified atom stereocenters. The fourth-order valence-electron chi connectivity index (χ4n) is 3.23. The number of nitrogens with zero attached hydrogens (tertiary/aromatic N) is 3. The molecule has 0 bridgehead atoms. The monoisotopic (exact) mass is 429 g/mol. The van der Waals surface area contributed by atoms with Crippen molar-refractivity contribution in [2.75, 3.05) is 16.9 Å². The van der Waals surface area contributed by atoms with Gasteiger partial charge in [0.25, 0.3) is 5.91 Å². The van der Waals surface area contributed by atoms with Crippen LogP contribution in [0, 0.1) is 5.82 Å². The molecule has 0 fully saturated rings. The van der Waals surface area contributed by atoms with Crippen LogP contribution in [0.15, 0.2) is 65.0 Å². The maximum Gasteiger partial charge on any atom is 0.255 e. The summed E-state index contributed by atoms with van der Waals surface area (Å²) in [5.41, 5.74) is 1.86. The lowest BCUT2D eigenvalue weighted by molar-refractivity contribution is -0.113. The second kappa shape index (κ2) is 7.88. The van der Waals surface area contributed by atoms with Crippen LogP contribution in [-0.2, 0) is 4.79 Å². The molecule has 0 radical (unpaired) electrons. The first kappa shape index (κ1) is 19.5. The first-order valence-electron chi connectivity index (χ1n) is 8.77. The van der Waals surface area contributed by atoms with E-state index in [1.165, 1.54) is 17.8 Å². The van der Waals surface area contributed by atoms with Crippen LogP contribution in [0.2, 0.25) is 5.02 Å². The van der Waals surface area contributed by atoms with Gasteiger partial charge in [0.2, 0.25) is 11.1 Å². The van der Waals surface area contributed by atoms with E-state index in [4.69, 9.17) is 11.6 Å². The number of allylic oxidation sites excluding steroid dienone is 1. The van der Waals surface area contributed by atoms with Crippen molar-refractivity contribution in [2.45, 2.75) is 18.1 Å². The Morgan fingerprint density at radius 1 is 1.24 bits per heavy atom. The van der Waals surface area contributed by atoms with Gasteiger partial charge in [0, 0.05) is 22.0 Å². The van der Waals surface area contributed by atoms with Crippen LogP contribution in [0.5, 0.6) is 0 Å². The van der Waals surface area contributed by atoms with Crippen molar-refractivity contribution in [3.8, 4) is 0 Å². The van der Waals surface area contributed by atoms with Crippen molar-refractivity contribution < 1.29 is 9.18 Å². The molecule has 6 nitrogen and oxygen atoms in total. The molecule has 1 amide bonds. The van der Waals surface area contributed by atoms with Crippen LogP contribution < -0.4 is 10.6 Å². The fourth-order valence-corrected chi connectivity index (χ4v) is 3.70. The first-order chi connectivity index (χ1) is 14.0. The van der Waals surface area contributed by atoms with Gasteiger partial charge in [-0.15, -0.1) is 5.10 Å². The summed E-state index contributed by atoms with van der Waals surface area (Å²) in [6, 6.07) is 12.4. The Morgan fingerprint density at radius 3 is 2.66 bits per heavy atom. The molecular formula is C20H17ClFN5OS. The molecular weight excluding hydrogens is 413 g/mol. The van der Waals surface area contributed by atoms with Crippen molar-refractivity contribution in [1.82, 2.24) is 14.8 Å². The molecule has 1 atom stereocenters. The molecule has 1 aromatic heterocycles. The van der Waals surface area contributed by atoms with E-state index in [9.17, 15) is 9.18 Å². The average molecular weight is 430 g/mol. The van der Waals surface area contributed by atoms with E-state index < -0.39 is 11.9 Å². The zero-order valence-corrected chi connectivity index (χ0v) is 17.2. The summed E-state index contributed by atoms with van der Waals surface area (Å²) in [4.78, 5) is 17.6. The van der Waals surface area contributed by atoms with E-state index in [2.05, 4.69) is 20.7 Å². The van der Waals surface area contributed by atoms with Crippen LogP contribution in [0.4, 0.5) is 16.0 Å². The standard InChI is InChI=1S/C20H17ClFN5OS/c1-11-16(18(28)24-13-9-7-12(21)8-10-13)17(14-5-3-4-6-15(14)22)27-19(23-11)25-20(26-27)29-2/h3-10,17H,1-2H3,(H,24,28)(H,23,25,26)/t17-/m1/s1. The molecule has 0 spiro atoms.